The average Bonchev–Trinajstić information content (AvgIpc) is 2.51. The molecule has 112 valence electrons. The van der Waals surface area contributed by atoms with E-state index in [0.29, 0.717) is 6.10 Å². The Morgan fingerprint density at radius 1 is 1.25 bits per heavy atom. The number of hydrogen-bond acceptors (Lipinski definition) is 3. The maximum Gasteiger partial charge on any atom is 0.0724 e. The maximum atomic E-state index is 5.76. The lowest BCUT2D eigenvalue weighted by Gasteiger charge is -2.32. The molecule has 1 aliphatic rings. The molecule has 0 amide bonds. The van der Waals surface area contributed by atoms with Crippen LogP contribution in [0.1, 0.15) is 24.8 Å². The smallest absolute Gasteiger partial charge is 0.0724 e. The summed E-state index contributed by atoms with van der Waals surface area (Å²) in [6, 6.07) is 10.8. The van der Waals surface area contributed by atoms with Crippen molar-refractivity contribution in [3.8, 4) is 0 Å². The molecule has 20 heavy (non-hydrogen) atoms. The minimum absolute atomic E-state index is 0.359. The van der Waals surface area contributed by atoms with E-state index < -0.39 is 0 Å². The van der Waals surface area contributed by atoms with Gasteiger partial charge in [0.05, 0.1) is 12.7 Å². The van der Waals surface area contributed by atoms with Gasteiger partial charge in [0.2, 0.25) is 0 Å². The monoisotopic (exact) mass is 277 g/mol. The van der Waals surface area contributed by atoms with Crippen LogP contribution < -0.4 is 0 Å². The highest BCUT2D eigenvalue weighted by Crippen LogP contribution is 2.11. The first-order valence-electron chi connectivity index (χ1n) is 7.75. The van der Waals surface area contributed by atoms with E-state index in [2.05, 4.69) is 35.2 Å². The van der Waals surface area contributed by atoms with Gasteiger partial charge in [-0.25, -0.2) is 0 Å². The van der Waals surface area contributed by atoms with Gasteiger partial charge >= 0.3 is 0 Å². The molecule has 1 aromatic carbocycles. The van der Waals surface area contributed by atoms with Crippen LogP contribution in [0.25, 0.3) is 0 Å². The summed E-state index contributed by atoms with van der Waals surface area (Å²) >= 11 is 0. The second kappa shape index (κ2) is 9.11. The van der Waals surface area contributed by atoms with E-state index in [0.717, 1.165) is 32.7 Å². The normalized spacial score (nSPS) is 20.1. The second-order valence-electron chi connectivity index (χ2n) is 5.52. The van der Waals surface area contributed by atoms with Crippen LogP contribution in [-0.4, -0.2) is 51.0 Å². The van der Waals surface area contributed by atoms with Crippen molar-refractivity contribution < 1.29 is 9.47 Å². The standard InChI is InChI=1S/C17H27NO2/c1-19-13-10-17-15-18(12-14-20-17)11-6-5-9-16-7-3-2-4-8-16/h2-4,7-8,17H,5-6,9-15H2,1H3. The molecule has 1 aliphatic heterocycles. The van der Waals surface area contributed by atoms with Crippen LogP contribution in [0.15, 0.2) is 30.3 Å². The molecule has 1 unspecified atom stereocenters. The summed E-state index contributed by atoms with van der Waals surface area (Å²) in [4.78, 5) is 2.54. The molecule has 0 bridgehead atoms. The van der Waals surface area contributed by atoms with Crippen molar-refractivity contribution in [2.24, 2.45) is 0 Å². The molecule has 0 saturated carbocycles. The third-order valence-electron chi connectivity index (χ3n) is 3.90. The molecule has 0 N–H and O–H groups in total. The first-order chi connectivity index (χ1) is 9.88. The summed E-state index contributed by atoms with van der Waals surface area (Å²) in [5, 5.41) is 0. The number of aryl methyl sites for hydroxylation is 1. The lowest BCUT2D eigenvalue weighted by Crippen LogP contribution is -2.43. The Morgan fingerprint density at radius 2 is 2.10 bits per heavy atom. The Balaban J connectivity index is 1.59. The van der Waals surface area contributed by atoms with E-state index in [4.69, 9.17) is 9.47 Å². The van der Waals surface area contributed by atoms with Gasteiger partial charge in [-0.3, -0.25) is 4.90 Å². The van der Waals surface area contributed by atoms with Crippen molar-refractivity contribution >= 4 is 0 Å². The summed E-state index contributed by atoms with van der Waals surface area (Å²) in [5.74, 6) is 0. The predicted molar refractivity (Wildman–Crippen MR) is 82.1 cm³/mol. The zero-order valence-corrected chi connectivity index (χ0v) is 12.6. The summed E-state index contributed by atoms with van der Waals surface area (Å²) in [5.41, 5.74) is 1.45. The lowest BCUT2D eigenvalue weighted by atomic mass is 10.1. The van der Waals surface area contributed by atoms with Gasteiger partial charge in [-0.1, -0.05) is 30.3 Å². The molecule has 0 aromatic heterocycles. The van der Waals surface area contributed by atoms with Crippen LogP contribution in [0.5, 0.6) is 0 Å². The Bertz CT molecular complexity index is 355. The largest absolute Gasteiger partial charge is 0.385 e. The maximum absolute atomic E-state index is 5.76. The van der Waals surface area contributed by atoms with Crippen molar-refractivity contribution in [1.29, 1.82) is 0 Å². The van der Waals surface area contributed by atoms with Gasteiger partial charge in [0.1, 0.15) is 0 Å². The van der Waals surface area contributed by atoms with E-state index in [-0.39, 0.29) is 0 Å². The van der Waals surface area contributed by atoms with E-state index in [1.54, 1.807) is 7.11 Å². The Kier molecular flexibility index (Phi) is 7.06. The molecule has 0 radical (unpaired) electrons. The quantitative estimate of drug-likeness (QED) is 0.682. The van der Waals surface area contributed by atoms with Crippen molar-refractivity contribution in [2.45, 2.75) is 31.8 Å². The number of nitrogens with zero attached hydrogens (tertiary/aromatic N) is 1. The topological polar surface area (TPSA) is 21.7 Å². The molecule has 1 fully saturated rings. The summed E-state index contributed by atoms with van der Waals surface area (Å²) in [7, 11) is 1.75. The minimum atomic E-state index is 0.359. The van der Waals surface area contributed by atoms with Crippen LogP contribution >= 0.6 is 0 Å². The van der Waals surface area contributed by atoms with Crippen molar-refractivity contribution in [2.75, 3.05) is 40.0 Å². The Morgan fingerprint density at radius 3 is 2.90 bits per heavy atom. The third-order valence-corrected chi connectivity index (χ3v) is 3.90. The average molecular weight is 277 g/mol. The van der Waals surface area contributed by atoms with Crippen LogP contribution in [0, 0.1) is 0 Å². The molecule has 1 heterocycles. The predicted octanol–water partition coefficient (Wildman–Crippen LogP) is 2.75. The number of hydrogen-bond donors (Lipinski definition) is 0. The van der Waals surface area contributed by atoms with Gasteiger partial charge < -0.3 is 9.47 Å². The minimum Gasteiger partial charge on any atom is -0.385 e. The first kappa shape index (κ1) is 15.5. The van der Waals surface area contributed by atoms with E-state index in [1.807, 2.05) is 0 Å². The molecular weight excluding hydrogens is 250 g/mol. The molecule has 3 nitrogen and oxygen atoms in total. The zero-order valence-electron chi connectivity index (χ0n) is 12.6. The number of unbranched alkanes of at least 4 members (excludes halogenated alkanes) is 1. The molecule has 0 aliphatic carbocycles. The number of rotatable bonds is 8. The van der Waals surface area contributed by atoms with Crippen molar-refractivity contribution in [3.63, 3.8) is 0 Å². The fourth-order valence-corrected chi connectivity index (χ4v) is 2.72. The Labute approximate surface area is 122 Å². The van der Waals surface area contributed by atoms with Crippen LogP contribution in [-0.2, 0) is 15.9 Å². The fraction of sp³-hybridized carbons (Fsp3) is 0.647. The van der Waals surface area contributed by atoms with Crippen molar-refractivity contribution in [1.82, 2.24) is 4.90 Å². The highest BCUT2D eigenvalue weighted by atomic mass is 16.5. The number of benzene rings is 1. The molecule has 1 saturated heterocycles. The van der Waals surface area contributed by atoms with Gasteiger partial charge in [-0.05, 0) is 37.8 Å². The molecule has 2 rings (SSSR count). The highest BCUT2D eigenvalue weighted by Gasteiger charge is 2.19. The number of morpholine rings is 1. The van der Waals surface area contributed by atoms with Gasteiger partial charge in [0.25, 0.3) is 0 Å². The number of methoxy groups -OCH3 is 1. The Hall–Kier alpha value is -0.900. The molecular formula is C17H27NO2. The molecule has 3 heteroatoms. The summed E-state index contributed by atoms with van der Waals surface area (Å²) < 4.78 is 10.9. The van der Waals surface area contributed by atoms with Crippen LogP contribution in [0.4, 0.5) is 0 Å². The van der Waals surface area contributed by atoms with Crippen LogP contribution in [0.3, 0.4) is 0 Å². The zero-order chi connectivity index (χ0) is 14.0. The highest BCUT2D eigenvalue weighted by molar-refractivity contribution is 5.14. The third kappa shape index (κ3) is 5.61. The van der Waals surface area contributed by atoms with Crippen LogP contribution in [0.2, 0.25) is 0 Å². The first-order valence-corrected chi connectivity index (χ1v) is 7.75. The lowest BCUT2D eigenvalue weighted by molar-refractivity contribution is -0.0409. The van der Waals surface area contributed by atoms with Gasteiger partial charge in [-0.15, -0.1) is 0 Å². The van der Waals surface area contributed by atoms with Gasteiger partial charge in [-0.2, -0.15) is 0 Å². The van der Waals surface area contributed by atoms with Gasteiger partial charge in [0.15, 0.2) is 0 Å². The number of ether oxygens (including phenoxy) is 2. The fourth-order valence-electron chi connectivity index (χ4n) is 2.72. The molecule has 1 aromatic rings. The van der Waals surface area contributed by atoms with E-state index >= 15 is 0 Å². The summed E-state index contributed by atoms with van der Waals surface area (Å²) in [6.07, 6.45) is 5.10. The second-order valence-corrected chi connectivity index (χ2v) is 5.52. The van der Waals surface area contributed by atoms with Crippen molar-refractivity contribution in [3.05, 3.63) is 35.9 Å². The SMILES string of the molecule is COCCC1CN(CCCCc2ccccc2)CCO1. The molecule has 0 spiro atoms. The van der Waals surface area contributed by atoms with E-state index in [9.17, 15) is 0 Å². The van der Waals surface area contributed by atoms with Gasteiger partial charge in [0, 0.05) is 26.8 Å². The summed E-state index contributed by atoms with van der Waals surface area (Å²) in [6.45, 7) is 5.00. The molecule has 1 atom stereocenters. The van der Waals surface area contributed by atoms with E-state index in [1.165, 1.54) is 31.4 Å².